The highest BCUT2D eigenvalue weighted by molar-refractivity contribution is 9.10. The molecule has 0 aliphatic carbocycles. The number of anilines is 1. The van der Waals surface area contributed by atoms with E-state index in [2.05, 4.69) is 15.9 Å². The molecule has 3 nitrogen and oxygen atoms in total. The Labute approximate surface area is 131 Å². The van der Waals surface area contributed by atoms with Crippen LogP contribution in [0.25, 0.3) is 0 Å². The molecule has 112 valence electrons. The Morgan fingerprint density at radius 1 is 1.10 bits per heavy atom. The number of benzene rings is 2. The molecule has 2 aromatic rings. The number of hydrogen-bond donors (Lipinski definition) is 1. The number of sulfonamides is 1. The average molecular weight is 401 g/mol. The van der Waals surface area contributed by atoms with Crippen molar-refractivity contribution in [1.82, 2.24) is 0 Å². The van der Waals surface area contributed by atoms with Gasteiger partial charge in [0, 0.05) is 5.02 Å². The van der Waals surface area contributed by atoms with Gasteiger partial charge < -0.3 is 0 Å². The molecule has 0 amide bonds. The molecule has 0 heterocycles. The van der Waals surface area contributed by atoms with Crippen molar-refractivity contribution in [2.45, 2.75) is 4.90 Å². The van der Waals surface area contributed by atoms with E-state index in [1.165, 1.54) is 6.07 Å². The van der Waals surface area contributed by atoms with Gasteiger partial charge in [0.2, 0.25) is 0 Å². The molecule has 9 heteroatoms. The molecule has 0 spiro atoms. The minimum atomic E-state index is -4.65. The summed E-state index contributed by atoms with van der Waals surface area (Å²) in [6.45, 7) is 0. The van der Waals surface area contributed by atoms with Crippen LogP contribution in [0.1, 0.15) is 0 Å². The molecule has 0 saturated heterocycles. The van der Waals surface area contributed by atoms with Crippen LogP contribution in [0.5, 0.6) is 0 Å². The Morgan fingerprint density at radius 2 is 1.67 bits per heavy atom. The van der Waals surface area contributed by atoms with E-state index < -0.39 is 38.1 Å². The Hall–Kier alpha value is -1.25. The summed E-state index contributed by atoms with van der Waals surface area (Å²) >= 11 is 8.53. The molecule has 0 atom stereocenters. The second-order valence-corrected chi connectivity index (χ2v) is 6.82. The monoisotopic (exact) mass is 399 g/mol. The first-order valence-electron chi connectivity index (χ1n) is 5.34. The van der Waals surface area contributed by atoms with E-state index in [0.717, 1.165) is 24.3 Å². The van der Waals surface area contributed by atoms with E-state index in [1.807, 2.05) is 0 Å². The molecule has 0 aromatic heterocycles. The van der Waals surface area contributed by atoms with Crippen LogP contribution >= 0.6 is 27.5 Å². The van der Waals surface area contributed by atoms with Crippen LogP contribution in [-0.2, 0) is 10.0 Å². The molecule has 0 bridgehead atoms. The molecule has 0 fully saturated rings. The fourth-order valence-corrected chi connectivity index (χ4v) is 3.57. The summed E-state index contributed by atoms with van der Waals surface area (Å²) in [4.78, 5) is -1.19. The highest BCUT2D eigenvalue weighted by Gasteiger charge is 2.25. The summed E-state index contributed by atoms with van der Waals surface area (Å²) < 4.78 is 66.5. The van der Waals surface area contributed by atoms with Gasteiger partial charge in [0.1, 0.15) is 11.6 Å². The van der Waals surface area contributed by atoms with Crippen molar-refractivity contribution < 1.29 is 21.6 Å². The maximum atomic E-state index is 13.8. The molecule has 21 heavy (non-hydrogen) atoms. The molecular weight excluding hydrogens is 395 g/mol. The summed E-state index contributed by atoms with van der Waals surface area (Å²) in [5.74, 6) is -3.53. The Kier molecular flexibility index (Phi) is 4.50. The molecule has 0 saturated carbocycles. The fourth-order valence-electron chi connectivity index (χ4n) is 1.57. The van der Waals surface area contributed by atoms with Crippen molar-refractivity contribution in [3.8, 4) is 0 Å². The van der Waals surface area contributed by atoms with Crippen molar-refractivity contribution >= 4 is 43.2 Å². The molecule has 0 unspecified atom stereocenters. The van der Waals surface area contributed by atoms with Gasteiger partial charge in [-0.2, -0.15) is 0 Å². The minimum Gasteiger partial charge on any atom is -0.276 e. The smallest absolute Gasteiger partial charge is 0.267 e. The van der Waals surface area contributed by atoms with Crippen LogP contribution in [0, 0.1) is 17.5 Å². The van der Waals surface area contributed by atoms with Crippen LogP contribution in [-0.4, -0.2) is 8.42 Å². The van der Waals surface area contributed by atoms with Gasteiger partial charge in [0.15, 0.2) is 10.7 Å². The van der Waals surface area contributed by atoms with E-state index in [4.69, 9.17) is 11.6 Å². The van der Waals surface area contributed by atoms with E-state index in [9.17, 15) is 21.6 Å². The minimum absolute atomic E-state index is 0.0370. The first-order chi connectivity index (χ1) is 9.72. The summed E-state index contributed by atoms with van der Waals surface area (Å²) in [5, 5.41) is 0.0370. The molecular formula is C12H6BrClF3NO2S. The highest BCUT2D eigenvalue weighted by Crippen LogP contribution is 2.30. The molecule has 0 radical (unpaired) electrons. The predicted octanol–water partition coefficient (Wildman–Crippen LogP) is 4.32. The number of halogens is 5. The lowest BCUT2D eigenvalue weighted by Crippen LogP contribution is -2.17. The third-order valence-corrected chi connectivity index (χ3v) is 4.64. The molecule has 0 aliphatic heterocycles. The van der Waals surface area contributed by atoms with E-state index >= 15 is 0 Å². The normalized spacial score (nSPS) is 11.5. The van der Waals surface area contributed by atoms with Gasteiger partial charge in [-0.3, -0.25) is 4.72 Å². The summed E-state index contributed by atoms with van der Waals surface area (Å²) in [6, 6.07) is 4.76. The molecule has 2 aromatic carbocycles. The summed E-state index contributed by atoms with van der Waals surface area (Å²) in [6.07, 6.45) is 0. The summed E-state index contributed by atoms with van der Waals surface area (Å²) in [5.41, 5.74) is -0.531. The van der Waals surface area contributed by atoms with Crippen molar-refractivity contribution in [3.63, 3.8) is 0 Å². The molecule has 0 aliphatic rings. The van der Waals surface area contributed by atoms with Gasteiger partial charge in [-0.05, 0) is 40.2 Å². The molecule has 2 rings (SSSR count). The largest absolute Gasteiger partial charge is 0.276 e. The van der Waals surface area contributed by atoms with Crippen molar-refractivity contribution in [2.24, 2.45) is 0 Å². The number of nitrogens with one attached hydrogen (secondary N) is 1. The van der Waals surface area contributed by atoms with Gasteiger partial charge in [-0.25, -0.2) is 21.6 Å². The van der Waals surface area contributed by atoms with Crippen molar-refractivity contribution in [2.75, 3.05) is 4.72 Å². The zero-order chi connectivity index (χ0) is 15.8. The standard InChI is InChI=1S/C12H6BrClF3NO2S/c13-7-4-6(14)5-10(11(7)17)18-21(19,20)12-8(15)2-1-3-9(12)16/h1-5,18H. The lowest BCUT2D eigenvalue weighted by atomic mass is 10.3. The Morgan fingerprint density at radius 3 is 2.24 bits per heavy atom. The third-order valence-electron chi connectivity index (χ3n) is 2.42. The zero-order valence-corrected chi connectivity index (χ0v) is 13.2. The van der Waals surface area contributed by atoms with E-state index in [0.29, 0.717) is 0 Å². The van der Waals surface area contributed by atoms with Crippen LogP contribution < -0.4 is 4.72 Å². The van der Waals surface area contributed by atoms with Crippen LogP contribution in [0.4, 0.5) is 18.9 Å². The van der Waals surface area contributed by atoms with Crippen LogP contribution in [0.3, 0.4) is 0 Å². The third kappa shape index (κ3) is 3.33. The topological polar surface area (TPSA) is 46.2 Å². The van der Waals surface area contributed by atoms with Crippen LogP contribution in [0.2, 0.25) is 5.02 Å². The second kappa shape index (κ2) is 5.86. The maximum absolute atomic E-state index is 13.8. The van der Waals surface area contributed by atoms with E-state index in [-0.39, 0.29) is 9.50 Å². The van der Waals surface area contributed by atoms with Gasteiger partial charge in [0.25, 0.3) is 10.0 Å². The van der Waals surface area contributed by atoms with Crippen LogP contribution in [0.15, 0.2) is 39.7 Å². The highest BCUT2D eigenvalue weighted by atomic mass is 79.9. The van der Waals surface area contributed by atoms with E-state index in [1.54, 1.807) is 4.72 Å². The SMILES string of the molecule is O=S(=O)(Nc1cc(Cl)cc(Br)c1F)c1c(F)cccc1F. The number of rotatable bonds is 3. The van der Waals surface area contributed by atoms with Gasteiger partial charge in [-0.1, -0.05) is 17.7 Å². The predicted molar refractivity (Wildman–Crippen MR) is 76.3 cm³/mol. The average Bonchev–Trinajstić information content (AvgIpc) is 2.34. The first-order valence-corrected chi connectivity index (χ1v) is 7.99. The second-order valence-electron chi connectivity index (χ2n) is 3.91. The fraction of sp³-hybridized carbons (Fsp3) is 0. The zero-order valence-electron chi connectivity index (χ0n) is 10.0. The van der Waals surface area contributed by atoms with Gasteiger partial charge in [0.05, 0.1) is 10.2 Å². The molecule has 1 N–H and O–H groups in total. The Bertz CT molecular complexity index is 794. The first kappa shape index (κ1) is 16.1. The number of hydrogen-bond acceptors (Lipinski definition) is 2. The van der Waals surface area contributed by atoms with Crippen molar-refractivity contribution in [3.05, 3.63) is 57.3 Å². The lowest BCUT2D eigenvalue weighted by molar-refractivity contribution is 0.521. The maximum Gasteiger partial charge on any atom is 0.267 e. The lowest BCUT2D eigenvalue weighted by Gasteiger charge is -2.11. The van der Waals surface area contributed by atoms with Gasteiger partial charge >= 0.3 is 0 Å². The van der Waals surface area contributed by atoms with Crippen molar-refractivity contribution in [1.29, 1.82) is 0 Å². The quantitative estimate of drug-likeness (QED) is 0.780. The Balaban J connectivity index is 2.53. The summed E-state index contributed by atoms with van der Waals surface area (Å²) in [7, 11) is -4.65. The van der Waals surface area contributed by atoms with Gasteiger partial charge in [-0.15, -0.1) is 0 Å².